The monoisotopic (exact) mass is 516 g/mol. The zero-order valence-electron chi connectivity index (χ0n) is 22.6. The van der Waals surface area contributed by atoms with Crippen LogP contribution in [-0.2, 0) is 11.8 Å². The van der Waals surface area contributed by atoms with Crippen LogP contribution in [0.2, 0.25) is 0 Å². The molecule has 2 aromatic heterocycles. The average Bonchev–Trinajstić information content (AvgIpc) is 3.47. The van der Waals surface area contributed by atoms with Crippen molar-refractivity contribution in [1.82, 2.24) is 19.5 Å². The third-order valence-electron chi connectivity index (χ3n) is 8.52. The Labute approximate surface area is 233 Å². The summed E-state index contributed by atoms with van der Waals surface area (Å²) in [6.07, 6.45) is 6.57. The van der Waals surface area contributed by atoms with Crippen LogP contribution in [0.1, 0.15) is 42.7 Å². The zero-order valence-corrected chi connectivity index (χ0v) is 22.6. The smallest absolute Gasteiger partial charge is 0.238 e. The van der Waals surface area contributed by atoms with E-state index in [2.05, 4.69) is 91.2 Å². The lowest BCUT2D eigenvalue weighted by Crippen LogP contribution is -2.17. The van der Waals surface area contributed by atoms with E-state index in [0.717, 1.165) is 24.0 Å². The lowest BCUT2D eigenvalue weighted by Gasteiger charge is -2.23. The summed E-state index contributed by atoms with van der Waals surface area (Å²) in [6.45, 7) is 4.70. The molecule has 6 aromatic rings. The Balaban J connectivity index is 1.49. The quantitative estimate of drug-likeness (QED) is 0.237. The Morgan fingerprint density at radius 2 is 1.32 bits per heavy atom. The Hall–Kier alpha value is -4.83. The maximum Gasteiger partial charge on any atom is 0.238 e. The molecule has 2 aliphatic rings. The molecule has 4 nitrogen and oxygen atoms in total. The molecule has 4 aromatic carbocycles. The van der Waals surface area contributed by atoms with Crippen molar-refractivity contribution < 1.29 is 0 Å². The van der Waals surface area contributed by atoms with Crippen molar-refractivity contribution >= 4 is 17.0 Å². The normalized spacial score (nSPS) is 14.7. The first-order valence-electron chi connectivity index (χ1n) is 14.0. The molecular weight excluding hydrogens is 488 g/mol. The van der Waals surface area contributed by atoms with Crippen molar-refractivity contribution in [3.8, 4) is 39.9 Å². The number of aromatic nitrogens is 4. The second kappa shape index (κ2) is 8.59. The van der Waals surface area contributed by atoms with Crippen molar-refractivity contribution in [3.05, 3.63) is 126 Å². The first-order chi connectivity index (χ1) is 19.6. The predicted molar refractivity (Wildman–Crippen MR) is 162 cm³/mol. The number of hydrogen-bond donors (Lipinski definition) is 0. The summed E-state index contributed by atoms with van der Waals surface area (Å²) in [6, 6.07) is 33.9. The molecule has 0 saturated carbocycles. The zero-order chi connectivity index (χ0) is 26.8. The van der Waals surface area contributed by atoms with Gasteiger partial charge >= 0.3 is 0 Å². The van der Waals surface area contributed by atoms with Gasteiger partial charge < -0.3 is 0 Å². The third-order valence-corrected chi connectivity index (χ3v) is 8.52. The van der Waals surface area contributed by atoms with E-state index in [-0.39, 0.29) is 5.41 Å². The van der Waals surface area contributed by atoms with Crippen molar-refractivity contribution in [3.63, 3.8) is 0 Å². The van der Waals surface area contributed by atoms with Gasteiger partial charge in [-0.15, -0.1) is 0 Å². The van der Waals surface area contributed by atoms with Gasteiger partial charge in [-0.05, 0) is 46.7 Å². The molecule has 0 spiro atoms. The number of aryl methyl sites for hydroxylation is 1. The number of hydrogen-bond acceptors (Lipinski definition) is 3. The van der Waals surface area contributed by atoms with Gasteiger partial charge in [-0.3, -0.25) is 4.57 Å². The maximum absolute atomic E-state index is 5.16. The second-order valence-electron chi connectivity index (χ2n) is 11.2. The molecule has 0 aliphatic heterocycles. The predicted octanol–water partition coefficient (Wildman–Crippen LogP) is 8.42. The standard InChI is InChI=1S/C36H28N4/c1-36(2)29-19-11-9-17-25(29)27-21-22-28-26-18-10-12-20-30(26)40(32(28)31(27)36)35-38-33(23-13-5-3-6-14-23)37-34(39-35)24-15-7-4-8-16-24/h3-9,11-17,19-22H,10,18H2,1-2H3. The molecule has 4 heteroatoms. The summed E-state index contributed by atoms with van der Waals surface area (Å²) in [5.74, 6) is 2.01. The van der Waals surface area contributed by atoms with Crippen LogP contribution >= 0.6 is 0 Å². The van der Waals surface area contributed by atoms with E-state index in [9.17, 15) is 0 Å². The Morgan fingerprint density at radius 1 is 0.675 bits per heavy atom. The van der Waals surface area contributed by atoms with Gasteiger partial charge in [0.15, 0.2) is 11.6 Å². The highest BCUT2D eigenvalue weighted by atomic mass is 15.2. The molecule has 2 aliphatic carbocycles. The van der Waals surface area contributed by atoms with Gasteiger partial charge in [-0.1, -0.05) is 117 Å². The summed E-state index contributed by atoms with van der Waals surface area (Å²) in [7, 11) is 0. The Morgan fingerprint density at radius 3 is 2.02 bits per heavy atom. The number of allylic oxidation sites excluding steroid dienone is 1. The lowest BCUT2D eigenvalue weighted by atomic mass is 9.81. The van der Waals surface area contributed by atoms with Gasteiger partial charge in [0.1, 0.15) is 0 Å². The minimum absolute atomic E-state index is 0.161. The van der Waals surface area contributed by atoms with E-state index in [1.165, 1.54) is 44.4 Å². The SMILES string of the molecule is CC1(C)c2ccccc2-c2ccc3c4c(n(-c5nc(-c6ccccc6)nc(-c6ccccc6)n5)c3c21)C=CCC4. The fourth-order valence-corrected chi connectivity index (χ4v) is 6.68. The van der Waals surface area contributed by atoms with E-state index < -0.39 is 0 Å². The largest absolute Gasteiger partial charge is 0.278 e. The van der Waals surface area contributed by atoms with Crippen LogP contribution in [0, 0.1) is 0 Å². The minimum atomic E-state index is -0.161. The van der Waals surface area contributed by atoms with Crippen LogP contribution in [-0.4, -0.2) is 19.5 Å². The van der Waals surface area contributed by atoms with E-state index in [1.54, 1.807) is 0 Å². The molecule has 0 radical (unpaired) electrons. The van der Waals surface area contributed by atoms with Crippen LogP contribution in [0.5, 0.6) is 0 Å². The van der Waals surface area contributed by atoms with Gasteiger partial charge in [0.25, 0.3) is 0 Å². The number of rotatable bonds is 3. The van der Waals surface area contributed by atoms with E-state index in [4.69, 9.17) is 15.0 Å². The number of fused-ring (bicyclic) bond motifs is 7. The Bertz CT molecular complexity index is 1910. The number of benzene rings is 4. The lowest BCUT2D eigenvalue weighted by molar-refractivity contribution is 0.663. The van der Waals surface area contributed by atoms with Gasteiger partial charge in [-0.25, -0.2) is 4.98 Å². The minimum Gasteiger partial charge on any atom is -0.278 e. The number of nitrogens with zero attached hydrogens (tertiary/aromatic N) is 4. The van der Waals surface area contributed by atoms with Gasteiger partial charge in [0.05, 0.1) is 11.2 Å². The molecule has 0 bridgehead atoms. The van der Waals surface area contributed by atoms with Crippen LogP contribution in [0.15, 0.2) is 103 Å². The molecule has 0 atom stereocenters. The van der Waals surface area contributed by atoms with E-state index in [0.29, 0.717) is 17.6 Å². The highest BCUT2D eigenvalue weighted by Gasteiger charge is 2.39. The molecule has 192 valence electrons. The van der Waals surface area contributed by atoms with Crippen LogP contribution in [0.4, 0.5) is 0 Å². The van der Waals surface area contributed by atoms with Crippen molar-refractivity contribution in [2.75, 3.05) is 0 Å². The first-order valence-corrected chi connectivity index (χ1v) is 14.0. The average molecular weight is 517 g/mol. The summed E-state index contributed by atoms with van der Waals surface area (Å²) < 4.78 is 2.31. The fourth-order valence-electron chi connectivity index (χ4n) is 6.68. The van der Waals surface area contributed by atoms with E-state index in [1.807, 2.05) is 36.4 Å². The summed E-state index contributed by atoms with van der Waals surface area (Å²) in [5.41, 5.74) is 10.9. The Kier molecular flexibility index (Phi) is 4.96. The highest BCUT2D eigenvalue weighted by Crippen LogP contribution is 2.52. The fraction of sp³-hybridized carbons (Fsp3) is 0.139. The second-order valence-corrected chi connectivity index (χ2v) is 11.2. The van der Waals surface area contributed by atoms with Crippen molar-refractivity contribution in [2.24, 2.45) is 0 Å². The first kappa shape index (κ1) is 23.1. The van der Waals surface area contributed by atoms with Crippen LogP contribution < -0.4 is 0 Å². The summed E-state index contributed by atoms with van der Waals surface area (Å²) in [4.78, 5) is 15.3. The molecule has 40 heavy (non-hydrogen) atoms. The van der Waals surface area contributed by atoms with Gasteiger partial charge in [0.2, 0.25) is 5.95 Å². The topological polar surface area (TPSA) is 43.6 Å². The molecule has 0 N–H and O–H groups in total. The van der Waals surface area contributed by atoms with E-state index >= 15 is 0 Å². The van der Waals surface area contributed by atoms with Gasteiger partial charge in [-0.2, -0.15) is 9.97 Å². The maximum atomic E-state index is 5.16. The third kappa shape index (κ3) is 3.29. The molecule has 0 unspecified atom stereocenters. The molecular formula is C36H28N4. The molecule has 8 rings (SSSR count). The highest BCUT2D eigenvalue weighted by molar-refractivity contribution is 6.00. The van der Waals surface area contributed by atoms with Crippen molar-refractivity contribution in [1.29, 1.82) is 0 Å². The summed E-state index contributed by atoms with van der Waals surface area (Å²) in [5, 5.41) is 1.29. The molecule has 0 fully saturated rings. The van der Waals surface area contributed by atoms with Crippen LogP contribution in [0.25, 0.3) is 56.8 Å². The molecule has 0 saturated heterocycles. The van der Waals surface area contributed by atoms with Gasteiger partial charge in [0, 0.05) is 21.9 Å². The van der Waals surface area contributed by atoms with Crippen molar-refractivity contribution in [2.45, 2.75) is 32.1 Å². The molecule has 2 heterocycles. The summed E-state index contributed by atoms with van der Waals surface area (Å²) >= 11 is 0. The van der Waals surface area contributed by atoms with Crippen LogP contribution in [0.3, 0.4) is 0 Å². The molecule has 0 amide bonds.